The van der Waals surface area contributed by atoms with Crippen molar-refractivity contribution < 1.29 is 0 Å². The van der Waals surface area contributed by atoms with Crippen LogP contribution in [-0.2, 0) is 13.1 Å². The lowest BCUT2D eigenvalue weighted by Gasteiger charge is -2.21. The van der Waals surface area contributed by atoms with Crippen molar-refractivity contribution in [2.75, 3.05) is 13.1 Å². The second-order valence-electron chi connectivity index (χ2n) is 6.67. The number of nitrogens with zero attached hydrogens (tertiary/aromatic N) is 5. The van der Waals surface area contributed by atoms with E-state index in [-0.39, 0.29) is 36.1 Å². The van der Waals surface area contributed by atoms with E-state index in [0.717, 1.165) is 36.6 Å². The van der Waals surface area contributed by atoms with Crippen LogP contribution in [0.5, 0.6) is 0 Å². The summed E-state index contributed by atoms with van der Waals surface area (Å²) in [6.07, 6.45) is 3.90. The van der Waals surface area contributed by atoms with Gasteiger partial charge in [0.15, 0.2) is 4.96 Å². The Kier molecular flexibility index (Phi) is 5.83. The summed E-state index contributed by atoms with van der Waals surface area (Å²) in [5, 5.41) is 7.97. The molecular weight excluding hydrogens is 388 g/mol. The van der Waals surface area contributed by atoms with Crippen LogP contribution in [0.1, 0.15) is 42.1 Å². The average Bonchev–Trinajstić information content (AvgIpc) is 3.16. The first-order valence-electron chi connectivity index (χ1n) is 8.93. The number of fused-ring (bicyclic) bond motifs is 1. The van der Waals surface area contributed by atoms with Gasteiger partial charge in [0.25, 0.3) is 5.56 Å². The third-order valence-electron chi connectivity index (χ3n) is 4.78. The molecule has 1 atom stereocenters. The van der Waals surface area contributed by atoms with Gasteiger partial charge in [-0.1, -0.05) is 0 Å². The van der Waals surface area contributed by atoms with Gasteiger partial charge in [-0.2, -0.15) is 5.10 Å². The lowest BCUT2D eigenvalue weighted by Crippen LogP contribution is -2.31. The molecule has 1 fully saturated rings. The third kappa shape index (κ3) is 3.71. The van der Waals surface area contributed by atoms with Crippen molar-refractivity contribution in [3.63, 3.8) is 0 Å². The lowest BCUT2D eigenvalue weighted by molar-refractivity contribution is 0.431. The highest BCUT2D eigenvalue weighted by Gasteiger charge is 2.23. The highest BCUT2D eigenvalue weighted by atomic mass is 35.5. The first-order valence-corrected chi connectivity index (χ1v) is 9.75. The van der Waals surface area contributed by atoms with Crippen molar-refractivity contribution >= 4 is 28.7 Å². The molecule has 0 bridgehead atoms. The Labute approximate surface area is 166 Å². The molecule has 3 aromatic heterocycles. The second kappa shape index (κ2) is 7.95. The Hall–Kier alpha value is -1.97. The highest BCUT2D eigenvalue weighted by molar-refractivity contribution is 7.16. The summed E-state index contributed by atoms with van der Waals surface area (Å²) in [6.45, 7) is 6.55. The minimum atomic E-state index is -0.141. The van der Waals surface area contributed by atoms with E-state index >= 15 is 0 Å². The van der Waals surface area contributed by atoms with Crippen molar-refractivity contribution in [3.05, 3.63) is 49.5 Å². The largest absolute Gasteiger partial charge is 0.346 e. The van der Waals surface area contributed by atoms with E-state index in [1.165, 1.54) is 26.5 Å². The molecule has 1 N–H and O–H groups in total. The van der Waals surface area contributed by atoms with Crippen molar-refractivity contribution in [2.45, 2.75) is 45.7 Å². The standard InChI is InChI=1S/C17H22N6O2S.ClH/c1-3-21-15(12-5-4-6-18-8-12)20-23(17(21)25)10-13-7-14(24)22-9-11(2)26-16(22)19-13;/h7,9,12,18H,3-6,8,10H2,1-2H3;1H. The molecule has 4 heterocycles. The van der Waals surface area contributed by atoms with E-state index in [9.17, 15) is 9.59 Å². The fourth-order valence-electron chi connectivity index (χ4n) is 3.53. The van der Waals surface area contributed by atoms with Gasteiger partial charge >= 0.3 is 5.69 Å². The Bertz CT molecular complexity index is 1060. The summed E-state index contributed by atoms with van der Waals surface area (Å²) in [4.78, 5) is 31.2. The molecule has 10 heteroatoms. The summed E-state index contributed by atoms with van der Waals surface area (Å²) < 4.78 is 4.71. The second-order valence-corrected chi connectivity index (χ2v) is 7.88. The van der Waals surface area contributed by atoms with E-state index < -0.39 is 0 Å². The monoisotopic (exact) mass is 410 g/mol. The molecule has 3 aromatic rings. The zero-order valence-corrected chi connectivity index (χ0v) is 17.0. The van der Waals surface area contributed by atoms with E-state index in [4.69, 9.17) is 0 Å². The Morgan fingerprint density at radius 3 is 2.89 bits per heavy atom. The van der Waals surface area contributed by atoms with Crippen LogP contribution in [0.4, 0.5) is 0 Å². The fourth-order valence-corrected chi connectivity index (χ4v) is 4.38. The average molecular weight is 411 g/mol. The predicted molar refractivity (Wildman–Crippen MR) is 107 cm³/mol. The number of thiazole rings is 1. The van der Waals surface area contributed by atoms with Crippen LogP contribution >= 0.6 is 23.7 Å². The number of piperidine rings is 1. The highest BCUT2D eigenvalue weighted by Crippen LogP contribution is 2.20. The van der Waals surface area contributed by atoms with Crippen LogP contribution in [0.15, 0.2) is 21.9 Å². The predicted octanol–water partition coefficient (Wildman–Crippen LogP) is 1.38. The van der Waals surface area contributed by atoms with Crippen LogP contribution in [0.2, 0.25) is 0 Å². The third-order valence-corrected chi connectivity index (χ3v) is 5.68. The van der Waals surface area contributed by atoms with Gasteiger partial charge in [-0.25, -0.2) is 14.5 Å². The van der Waals surface area contributed by atoms with Crippen LogP contribution in [0.3, 0.4) is 0 Å². The number of aryl methyl sites for hydroxylation is 1. The van der Waals surface area contributed by atoms with E-state index in [2.05, 4.69) is 15.4 Å². The molecule has 1 aliphatic rings. The number of nitrogens with one attached hydrogen (secondary N) is 1. The van der Waals surface area contributed by atoms with E-state index in [0.29, 0.717) is 17.2 Å². The molecule has 1 saturated heterocycles. The molecule has 0 aliphatic carbocycles. The van der Waals surface area contributed by atoms with E-state index in [1.807, 2.05) is 13.8 Å². The smallest absolute Gasteiger partial charge is 0.316 e. The molecule has 0 saturated carbocycles. The van der Waals surface area contributed by atoms with Crippen molar-refractivity contribution in [1.29, 1.82) is 0 Å². The maximum Gasteiger partial charge on any atom is 0.346 e. The molecule has 4 rings (SSSR count). The maximum absolute atomic E-state index is 12.8. The minimum Gasteiger partial charge on any atom is -0.316 e. The van der Waals surface area contributed by atoms with Gasteiger partial charge in [-0.3, -0.25) is 13.8 Å². The van der Waals surface area contributed by atoms with Crippen molar-refractivity contribution in [2.24, 2.45) is 0 Å². The number of aromatic nitrogens is 5. The molecule has 8 nitrogen and oxygen atoms in total. The quantitative estimate of drug-likeness (QED) is 0.702. The van der Waals surface area contributed by atoms with Gasteiger partial charge in [0.2, 0.25) is 0 Å². The Morgan fingerprint density at radius 1 is 1.37 bits per heavy atom. The van der Waals surface area contributed by atoms with Gasteiger partial charge in [-0.15, -0.1) is 23.7 Å². The summed E-state index contributed by atoms with van der Waals surface area (Å²) in [5.41, 5.74) is 0.291. The first kappa shape index (κ1) is 19.8. The van der Waals surface area contributed by atoms with Gasteiger partial charge in [0.1, 0.15) is 5.82 Å². The lowest BCUT2D eigenvalue weighted by atomic mass is 9.99. The van der Waals surface area contributed by atoms with Crippen LogP contribution in [0.25, 0.3) is 4.96 Å². The molecular formula is C17H23ClN6O2S. The van der Waals surface area contributed by atoms with E-state index in [1.54, 1.807) is 10.8 Å². The van der Waals surface area contributed by atoms with Crippen LogP contribution in [-0.4, -0.2) is 36.8 Å². The Balaban J connectivity index is 0.00000210. The zero-order valence-electron chi connectivity index (χ0n) is 15.3. The summed E-state index contributed by atoms with van der Waals surface area (Å²) in [7, 11) is 0. The summed E-state index contributed by atoms with van der Waals surface area (Å²) in [5.74, 6) is 1.08. The molecule has 1 unspecified atom stereocenters. The van der Waals surface area contributed by atoms with Crippen molar-refractivity contribution in [3.8, 4) is 0 Å². The van der Waals surface area contributed by atoms with Gasteiger partial charge in [0, 0.05) is 36.1 Å². The molecule has 0 radical (unpaired) electrons. The molecule has 0 spiro atoms. The molecule has 146 valence electrons. The SMILES string of the molecule is CCn1c(C2CCCNC2)nn(Cc2cc(=O)n3cc(C)sc3n2)c1=O.Cl. The fraction of sp³-hybridized carbons (Fsp3) is 0.529. The minimum absolute atomic E-state index is 0. The summed E-state index contributed by atoms with van der Waals surface area (Å²) >= 11 is 1.46. The van der Waals surface area contributed by atoms with Gasteiger partial charge in [0.05, 0.1) is 12.2 Å². The first-order chi connectivity index (χ1) is 12.6. The van der Waals surface area contributed by atoms with Crippen molar-refractivity contribution in [1.82, 2.24) is 29.0 Å². The molecule has 0 aromatic carbocycles. The topological polar surface area (TPSA) is 86.2 Å². The van der Waals surface area contributed by atoms with Crippen LogP contribution in [0, 0.1) is 6.92 Å². The van der Waals surface area contributed by atoms with Gasteiger partial charge in [-0.05, 0) is 33.2 Å². The number of hydrogen-bond acceptors (Lipinski definition) is 6. The Morgan fingerprint density at radius 2 is 2.19 bits per heavy atom. The van der Waals surface area contributed by atoms with Gasteiger partial charge < -0.3 is 5.32 Å². The summed E-state index contributed by atoms with van der Waals surface area (Å²) in [6, 6.07) is 1.48. The van der Waals surface area contributed by atoms with Crippen LogP contribution < -0.4 is 16.6 Å². The number of hydrogen-bond donors (Lipinski definition) is 1. The molecule has 0 amide bonds. The number of rotatable bonds is 4. The molecule has 27 heavy (non-hydrogen) atoms. The zero-order chi connectivity index (χ0) is 18.3. The normalized spacial score (nSPS) is 17.2. The number of halogens is 1. The molecule has 1 aliphatic heterocycles. The maximum atomic E-state index is 12.8.